The molecule has 2 aromatic rings. The fraction of sp³-hybridized carbons (Fsp3) is 0.222. The molecule has 1 aromatic carbocycles. The average molecular weight is 390 g/mol. The Morgan fingerprint density at radius 2 is 2.22 bits per heavy atom. The van der Waals surface area contributed by atoms with E-state index in [-0.39, 0.29) is 34.2 Å². The zero-order chi connectivity index (χ0) is 20.1. The van der Waals surface area contributed by atoms with Crippen LogP contribution in [0.4, 0.5) is 10.1 Å². The van der Waals surface area contributed by atoms with E-state index in [4.69, 9.17) is 15.1 Å². The third-order valence-corrected chi connectivity index (χ3v) is 4.38. The van der Waals surface area contributed by atoms with Crippen LogP contribution in [-0.2, 0) is 18.0 Å². The van der Waals surface area contributed by atoms with Gasteiger partial charge in [0.05, 0.1) is 12.2 Å². The second-order valence-electron chi connectivity index (χ2n) is 5.90. The standard InChI is InChI=1S/C18H19FN4O3S/c1-11(2)6-7-26-17-15(27(21)25)10-23(3)16(17)18(24)22-13-4-5-14(19)12(8-13)9-20/h4-5,8,10H,1,6-7,21H2,2-3H3,(H,22,24). The summed E-state index contributed by atoms with van der Waals surface area (Å²) in [5.41, 5.74) is 1.04. The molecule has 1 heterocycles. The molecule has 27 heavy (non-hydrogen) atoms. The molecule has 0 aliphatic rings. The number of nitrogens with two attached hydrogens (primary N) is 1. The van der Waals surface area contributed by atoms with Gasteiger partial charge in [0.1, 0.15) is 27.8 Å². The summed E-state index contributed by atoms with van der Waals surface area (Å²) in [6.45, 7) is 5.85. The SMILES string of the molecule is C=C(C)CCOc1c(S(N)=O)cn(C)c1C(=O)Nc1ccc(F)c(C#N)c1. The molecule has 1 atom stereocenters. The number of nitrogens with zero attached hydrogens (tertiary/aromatic N) is 2. The van der Waals surface area contributed by atoms with Crippen LogP contribution in [0.25, 0.3) is 0 Å². The zero-order valence-electron chi connectivity index (χ0n) is 14.9. The highest BCUT2D eigenvalue weighted by atomic mass is 32.2. The van der Waals surface area contributed by atoms with Crippen molar-refractivity contribution in [2.75, 3.05) is 11.9 Å². The fourth-order valence-corrected chi connectivity index (χ4v) is 2.93. The van der Waals surface area contributed by atoms with Crippen LogP contribution in [0.2, 0.25) is 0 Å². The predicted molar refractivity (Wildman–Crippen MR) is 100 cm³/mol. The lowest BCUT2D eigenvalue weighted by Crippen LogP contribution is -2.17. The summed E-state index contributed by atoms with van der Waals surface area (Å²) in [5, 5.41) is 17.0. The largest absolute Gasteiger partial charge is 0.489 e. The minimum absolute atomic E-state index is 0.105. The molecule has 0 aliphatic heterocycles. The maximum atomic E-state index is 13.4. The maximum absolute atomic E-state index is 13.4. The molecule has 0 aliphatic carbocycles. The zero-order valence-corrected chi connectivity index (χ0v) is 15.7. The molecule has 0 radical (unpaired) electrons. The van der Waals surface area contributed by atoms with E-state index in [0.29, 0.717) is 6.42 Å². The quantitative estimate of drug-likeness (QED) is 0.708. The highest BCUT2D eigenvalue weighted by Gasteiger charge is 2.24. The second-order valence-corrected chi connectivity index (χ2v) is 6.93. The summed E-state index contributed by atoms with van der Waals surface area (Å²) < 4.78 is 32.3. The molecule has 0 saturated heterocycles. The number of carbonyl (C=O) groups excluding carboxylic acids is 1. The number of carbonyl (C=O) groups is 1. The Morgan fingerprint density at radius 3 is 2.81 bits per heavy atom. The second kappa shape index (κ2) is 8.62. The van der Waals surface area contributed by atoms with Crippen molar-refractivity contribution >= 4 is 22.6 Å². The van der Waals surface area contributed by atoms with Crippen molar-refractivity contribution in [3.05, 3.63) is 53.6 Å². The van der Waals surface area contributed by atoms with Gasteiger partial charge in [-0.3, -0.25) is 4.79 Å². The lowest BCUT2D eigenvalue weighted by molar-refractivity contribution is 0.101. The smallest absolute Gasteiger partial charge is 0.276 e. The normalized spacial score (nSPS) is 11.5. The van der Waals surface area contributed by atoms with Crippen LogP contribution in [0.1, 0.15) is 29.4 Å². The van der Waals surface area contributed by atoms with E-state index in [1.165, 1.54) is 22.9 Å². The first kappa shape index (κ1) is 20.4. The average Bonchev–Trinajstić information content (AvgIpc) is 2.93. The topological polar surface area (TPSA) is 110 Å². The Morgan fingerprint density at radius 1 is 1.52 bits per heavy atom. The number of nitriles is 1. The number of rotatable bonds is 7. The fourth-order valence-electron chi connectivity index (χ4n) is 2.33. The number of halogens is 1. The van der Waals surface area contributed by atoms with Crippen molar-refractivity contribution < 1.29 is 18.1 Å². The lowest BCUT2D eigenvalue weighted by Gasteiger charge is -2.11. The number of ether oxygens (including phenoxy) is 1. The Hall–Kier alpha value is -2.96. The maximum Gasteiger partial charge on any atom is 0.276 e. The van der Waals surface area contributed by atoms with Crippen molar-refractivity contribution in [1.82, 2.24) is 4.57 Å². The monoisotopic (exact) mass is 390 g/mol. The molecule has 7 nitrogen and oxygen atoms in total. The Balaban J connectivity index is 2.35. The van der Waals surface area contributed by atoms with Gasteiger partial charge in [0, 0.05) is 25.4 Å². The first-order valence-corrected chi connectivity index (χ1v) is 9.09. The Labute approximate surface area is 158 Å². The van der Waals surface area contributed by atoms with Crippen LogP contribution in [0, 0.1) is 17.1 Å². The van der Waals surface area contributed by atoms with Gasteiger partial charge in [-0.05, 0) is 25.1 Å². The molecule has 3 N–H and O–H groups in total. The molecule has 0 fully saturated rings. The van der Waals surface area contributed by atoms with Crippen molar-refractivity contribution in [3.63, 3.8) is 0 Å². The molecule has 0 saturated carbocycles. The summed E-state index contributed by atoms with van der Waals surface area (Å²) in [5.74, 6) is -1.14. The number of hydrogen-bond donors (Lipinski definition) is 2. The van der Waals surface area contributed by atoms with Crippen LogP contribution in [0.15, 0.2) is 41.4 Å². The van der Waals surface area contributed by atoms with Gasteiger partial charge in [-0.15, -0.1) is 6.58 Å². The third-order valence-electron chi connectivity index (χ3n) is 3.65. The van der Waals surface area contributed by atoms with E-state index in [9.17, 15) is 13.4 Å². The Kier molecular flexibility index (Phi) is 6.50. The number of benzene rings is 1. The predicted octanol–water partition coefficient (Wildman–Crippen LogP) is 2.61. The summed E-state index contributed by atoms with van der Waals surface area (Å²) in [6.07, 6.45) is 2.00. The Bertz CT molecular complexity index is 962. The van der Waals surface area contributed by atoms with Crippen LogP contribution >= 0.6 is 0 Å². The van der Waals surface area contributed by atoms with Crippen LogP contribution in [-0.4, -0.2) is 21.3 Å². The van der Waals surface area contributed by atoms with E-state index < -0.39 is 22.7 Å². The highest BCUT2D eigenvalue weighted by molar-refractivity contribution is 7.82. The van der Waals surface area contributed by atoms with Crippen LogP contribution in [0.5, 0.6) is 5.75 Å². The van der Waals surface area contributed by atoms with E-state index in [1.54, 1.807) is 13.1 Å². The molecular formula is C18H19FN4O3S. The van der Waals surface area contributed by atoms with Crippen LogP contribution in [0.3, 0.4) is 0 Å². The van der Waals surface area contributed by atoms with Gasteiger partial charge in [0.2, 0.25) is 0 Å². The van der Waals surface area contributed by atoms with Crippen molar-refractivity contribution in [1.29, 1.82) is 5.26 Å². The third kappa shape index (κ3) is 4.81. The highest BCUT2D eigenvalue weighted by Crippen LogP contribution is 2.29. The van der Waals surface area contributed by atoms with E-state index in [2.05, 4.69) is 11.9 Å². The lowest BCUT2D eigenvalue weighted by atomic mass is 10.2. The summed E-state index contributed by atoms with van der Waals surface area (Å²) in [7, 11) is -0.271. The molecule has 1 unspecified atom stereocenters. The van der Waals surface area contributed by atoms with Gasteiger partial charge in [-0.25, -0.2) is 13.7 Å². The molecule has 0 bridgehead atoms. The minimum Gasteiger partial charge on any atom is -0.489 e. The van der Waals surface area contributed by atoms with Crippen molar-refractivity contribution in [3.8, 4) is 11.8 Å². The first-order valence-electron chi connectivity index (χ1n) is 7.88. The summed E-state index contributed by atoms with van der Waals surface area (Å²) in [6, 6.07) is 5.35. The van der Waals surface area contributed by atoms with Gasteiger partial charge in [-0.1, -0.05) is 5.57 Å². The summed E-state index contributed by atoms with van der Waals surface area (Å²) >= 11 is 0. The van der Waals surface area contributed by atoms with Gasteiger partial charge < -0.3 is 14.6 Å². The molecule has 1 aromatic heterocycles. The van der Waals surface area contributed by atoms with E-state index >= 15 is 0 Å². The van der Waals surface area contributed by atoms with Crippen molar-refractivity contribution in [2.24, 2.45) is 12.2 Å². The summed E-state index contributed by atoms with van der Waals surface area (Å²) in [4.78, 5) is 12.9. The van der Waals surface area contributed by atoms with E-state index in [1.807, 2.05) is 6.92 Å². The minimum atomic E-state index is -1.86. The van der Waals surface area contributed by atoms with Crippen LogP contribution < -0.4 is 15.2 Å². The number of aromatic nitrogens is 1. The molecule has 1 amide bonds. The molecular weight excluding hydrogens is 371 g/mol. The number of amides is 1. The number of nitrogens with one attached hydrogen (secondary N) is 1. The van der Waals surface area contributed by atoms with E-state index in [0.717, 1.165) is 11.6 Å². The van der Waals surface area contributed by atoms with Gasteiger partial charge in [0.15, 0.2) is 11.4 Å². The first-order chi connectivity index (χ1) is 12.7. The van der Waals surface area contributed by atoms with Gasteiger partial charge >= 0.3 is 0 Å². The van der Waals surface area contributed by atoms with Crippen molar-refractivity contribution in [2.45, 2.75) is 18.2 Å². The molecule has 2 rings (SSSR count). The number of anilines is 1. The number of aryl methyl sites for hydroxylation is 1. The van der Waals surface area contributed by atoms with Gasteiger partial charge in [-0.2, -0.15) is 5.26 Å². The molecule has 0 spiro atoms. The molecule has 9 heteroatoms. The molecule has 142 valence electrons. The number of hydrogen-bond acceptors (Lipinski definition) is 4. The van der Waals surface area contributed by atoms with Gasteiger partial charge in [0.25, 0.3) is 5.91 Å².